The number of thioether (sulfide) groups is 1. The zero-order chi connectivity index (χ0) is 28.6. The van der Waals surface area contributed by atoms with E-state index >= 15 is 0 Å². The Balaban J connectivity index is 1.26. The van der Waals surface area contributed by atoms with Crippen LogP contribution in [0.15, 0.2) is 53.9 Å². The van der Waals surface area contributed by atoms with E-state index in [4.69, 9.17) is 27.9 Å². The second-order valence-electron chi connectivity index (χ2n) is 9.35. The summed E-state index contributed by atoms with van der Waals surface area (Å²) in [6.07, 6.45) is 3.94. The predicted molar refractivity (Wildman–Crippen MR) is 157 cm³/mol. The smallest absolute Gasteiger partial charge is 0.327 e. The fourth-order valence-corrected chi connectivity index (χ4v) is 6.05. The molecule has 2 aliphatic heterocycles. The Kier molecular flexibility index (Phi) is 10.4. The summed E-state index contributed by atoms with van der Waals surface area (Å²) in [5.74, 6) is -0.276. The molecular weight excluding hydrogens is 575 g/mol. The van der Waals surface area contributed by atoms with Crippen molar-refractivity contribution >= 4 is 64.4 Å². The number of carbonyl (C=O) groups excluding carboxylic acids is 4. The topological polar surface area (TPSA) is 108 Å². The molecule has 2 unspecified atom stereocenters. The van der Waals surface area contributed by atoms with E-state index in [0.717, 1.165) is 5.56 Å². The molecule has 0 bridgehead atoms. The molecule has 0 radical (unpaired) electrons. The van der Waals surface area contributed by atoms with Crippen LogP contribution < -0.4 is 15.4 Å². The third kappa shape index (κ3) is 7.30. The number of fused-ring (bicyclic) bond motifs is 1. The van der Waals surface area contributed by atoms with Gasteiger partial charge in [-0.2, -0.15) is 0 Å². The molecule has 2 atom stereocenters. The lowest BCUT2D eigenvalue weighted by Crippen LogP contribution is -2.63. The number of urea groups is 1. The lowest BCUT2D eigenvalue weighted by Gasteiger charge is -2.41. The van der Waals surface area contributed by atoms with E-state index in [1.807, 2.05) is 18.2 Å². The Labute approximate surface area is 247 Å². The van der Waals surface area contributed by atoms with Crippen molar-refractivity contribution in [2.75, 3.05) is 25.5 Å². The van der Waals surface area contributed by atoms with Gasteiger partial charge in [-0.1, -0.05) is 53.9 Å². The molecule has 2 aliphatic rings. The number of benzene rings is 2. The quantitative estimate of drug-likeness (QED) is 0.327. The molecule has 2 aromatic rings. The normalized spacial score (nSPS) is 18.1. The molecule has 0 spiro atoms. The number of hydrogen-bond donors (Lipinski definition) is 2. The number of amides is 5. The summed E-state index contributed by atoms with van der Waals surface area (Å²) in [7, 11) is 1.50. The summed E-state index contributed by atoms with van der Waals surface area (Å²) in [4.78, 5) is 54.1. The largest absolute Gasteiger partial charge is 0.495 e. The van der Waals surface area contributed by atoms with Gasteiger partial charge in [-0.05, 0) is 48.1 Å². The second-order valence-corrected chi connectivity index (χ2v) is 11.2. The molecule has 2 heterocycles. The number of hydrogen-bond acceptors (Lipinski definition) is 6. The van der Waals surface area contributed by atoms with E-state index in [0.29, 0.717) is 53.7 Å². The van der Waals surface area contributed by atoms with Crippen LogP contribution in [-0.2, 0) is 20.9 Å². The van der Waals surface area contributed by atoms with E-state index in [9.17, 15) is 19.2 Å². The fourth-order valence-electron chi connectivity index (χ4n) is 4.53. The van der Waals surface area contributed by atoms with Gasteiger partial charge in [0.05, 0.1) is 18.2 Å². The zero-order valence-electron chi connectivity index (χ0n) is 21.9. The molecule has 0 aromatic heterocycles. The molecule has 1 saturated heterocycles. The van der Waals surface area contributed by atoms with Crippen LogP contribution in [0.25, 0.3) is 0 Å². The van der Waals surface area contributed by atoms with E-state index in [2.05, 4.69) is 10.6 Å². The van der Waals surface area contributed by atoms with Gasteiger partial charge in [0.15, 0.2) is 0 Å². The summed E-state index contributed by atoms with van der Waals surface area (Å²) in [6, 6.07) is 11.2. The summed E-state index contributed by atoms with van der Waals surface area (Å²) < 4.78 is 5.13. The number of anilines is 1. The third-order valence-electron chi connectivity index (χ3n) is 6.63. The van der Waals surface area contributed by atoms with Gasteiger partial charge >= 0.3 is 6.03 Å². The first kappa shape index (κ1) is 29.8. The number of ether oxygens (including phenoxy) is 1. The standard InChI is InChI=1S/C28H30Cl2N4O5S/c1-39-23-11-10-19(15-21(23)30)32-25(36)17-34-22-12-14-40-26(22)27(37)33(28(34)38)13-6-2-3-9-24(35)31-16-18-7-4-5-8-20(18)29/h4-5,7-8,10-12,14-15,22,26H,2-3,6,9,13,16-17H2,1H3,(H,31,35)(H,32,36). The molecule has 212 valence electrons. The fraction of sp³-hybridized carbons (Fsp3) is 0.357. The number of carbonyl (C=O) groups is 4. The number of unbranched alkanes of at least 4 members (excludes halogenated alkanes) is 2. The average molecular weight is 606 g/mol. The van der Waals surface area contributed by atoms with Crippen molar-refractivity contribution in [3.8, 4) is 5.75 Å². The molecule has 40 heavy (non-hydrogen) atoms. The number of halogens is 2. The Morgan fingerprint density at radius 1 is 1.02 bits per heavy atom. The highest BCUT2D eigenvalue weighted by Gasteiger charge is 2.47. The Hall–Kier alpha value is -3.21. The van der Waals surface area contributed by atoms with Gasteiger partial charge in [0.25, 0.3) is 0 Å². The van der Waals surface area contributed by atoms with Gasteiger partial charge in [-0.25, -0.2) is 4.79 Å². The van der Waals surface area contributed by atoms with E-state index < -0.39 is 23.2 Å². The molecule has 9 nitrogen and oxygen atoms in total. The Morgan fingerprint density at radius 3 is 2.58 bits per heavy atom. The number of rotatable bonds is 12. The first-order valence-corrected chi connectivity index (χ1v) is 14.6. The lowest BCUT2D eigenvalue weighted by atomic mass is 10.1. The van der Waals surface area contributed by atoms with Gasteiger partial charge in [-0.15, -0.1) is 11.8 Å². The first-order valence-electron chi connectivity index (χ1n) is 12.9. The molecular formula is C28H30Cl2N4O5S. The van der Waals surface area contributed by atoms with Crippen molar-refractivity contribution in [2.45, 2.75) is 43.5 Å². The molecule has 12 heteroatoms. The third-order valence-corrected chi connectivity index (χ3v) is 8.38. The van der Waals surface area contributed by atoms with Crippen LogP contribution in [0, 0.1) is 0 Å². The molecule has 2 aromatic carbocycles. The van der Waals surface area contributed by atoms with Gasteiger partial charge < -0.3 is 20.3 Å². The molecule has 4 rings (SSSR count). The maximum absolute atomic E-state index is 13.3. The maximum Gasteiger partial charge on any atom is 0.327 e. The highest BCUT2D eigenvalue weighted by Crippen LogP contribution is 2.34. The van der Waals surface area contributed by atoms with Crippen LogP contribution in [0.2, 0.25) is 10.0 Å². The van der Waals surface area contributed by atoms with Gasteiger partial charge in [-0.3, -0.25) is 19.3 Å². The minimum Gasteiger partial charge on any atom is -0.495 e. The maximum atomic E-state index is 13.3. The number of nitrogens with zero attached hydrogens (tertiary/aromatic N) is 2. The van der Waals surface area contributed by atoms with Crippen LogP contribution in [0.5, 0.6) is 5.75 Å². The summed E-state index contributed by atoms with van der Waals surface area (Å²) in [6.45, 7) is 0.358. The average Bonchev–Trinajstić information content (AvgIpc) is 3.42. The molecule has 0 saturated carbocycles. The summed E-state index contributed by atoms with van der Waals surface area (Å²) in [5.41, 5.74) is 1.32. The zero-order valence-corrected chi connectivity index (χ0v) is 24.2. The highest BCUT2D eigenvalue weighted by atomic mass is 35.5. The summed E-state index contributed by atoms with van der Waals surface area (Å²) in [5, 5.41) is 7.86. The SMILES string of the molecule is COc1ccc(NC(=O)CN2C(=O)N(CCCCCC(=O)NCc3ccccc3Cl)C(=O)C3SC=CC32)cc1Cl. The Bertz CT molecular complexity index is 1310. The van der Waals surface area contributed by atoms with Crippen LogP contribution in [0.4, 0.5) is 10.5 Å². The second kappa shape index (κ2) is 13.9. The van der Waals surface area contributed by atoms with E-state index in [1.54, 1.807) is 35.7 Å². The number of nitrogens with one attached hydrogen (secondary N) is 2. The molecule has 5 amide bonds. The van der Waals surface area contributed by atoms with Gasteiger partial charge in [0, 0.05) is 30.2 Å². The van der Waals surface area contributed by atoms with Gasteiger partial charge in [0.1, 0.15) is 17.5 Å². The monoisotopic (exact) mass is 604 g/mol. The molecule has 2 N–H and O–H groups in total. The minimum absolute atomic E-state index is 0.0864. The van der Waals surface area contributed by atoms with Crippen LogP contribution in [-0.4, -0.2) is 65.0 Å². The van der Waals surface area contributed by atoms with Crippen molar-refractivity contribution in [1.29, 1.82) is 0 Å². The molecule has 0 aliphatic carbocycles. The minimum atomic E-state index is -0.501. The van der Waals surface area contributed by atoms with Crippen molar-refractivity contribution in [2.24, 2.45) is 0 Å². The van der Waals surface area contributed by atoms with Crippen LogP contribution in [0.1, 0.15) is 31.2 Å². The number of imide groups is 1. The van der Waals surface area contributed by atoms with Crippen molar-refractivity contribution < 1.29 is 23.9 Å². The van der Waals surface area contributed by atoms with Gasteiger partial charge in [0.2, 0.25) is 17.7 Å². The van der Waals surface area contributed by atoms with E-state index in [1.165, 1.54) is 28.7 Å². The Morgan fingerprint density at radius 2 is 1.82 bits per heavy atom. The van der Waals surface area contributed by atoms with Crippen molar-refractivity contribution in [3.05, 3.63) is 69.6 Å². The van der Waals surface area contributed by atoms with Crippen LogP contribution in [0.3, 0.4) is 0 Å². The van der Waals surface area contributed by atoms with E-state index in [-0.39, 0.29) is 24.9 Å². The van der Waals surface area contributed by atoms with Crippen molar-refractivity contribution in [3.63, 3.8) is 0 Å². The van der Waals surface area contributed by atoms with Crippen LogP contribution >= 0.6 is 35.0 Å². The number of methoxy groups -OCH3 is 1. The van der Waals surface area contributed by atoms with Crippen molar-refractivity contribution in [1.82, 2.24) is 15.1 Å². The first-order chi connectivity index (χ1) is 19.3. The lowest BCUT2D eigenvalue weighted by molar-refractivity contribution is -0.132. The predicted octanol–water partition coefficient (Wildman–Crippen LogP) is 5.08. The molecule has 1 fully saturated rings. The highest BCUT2D eigenvalue weighted by molar-refractivity contribution is 8.03. The summed E-state index contributed by atoms with van der Waals surface area (Å²) >= 11 is 13.6.